The molecule has 2 rings (SSSR count). The Balaban J connectivity index is -0.00000214. The van der Waals surface area contributed by atoms with Gasteiger partial charge in [-0.1, -0.05) is 105 Å². The van der Waals surface area contributed by atoms with Crippen molar-refractivity contribution in [1.82, 2.24) is 0 Å². The van der Waals surface area contributed by atoms with Crippen LogP contribution in [0.5, 0.6) is 0 Å². The van der Waals surface area contributed by atoms with Crippen LogP contribution in [0.25, 0.3) is 0 Å². The van der Waals surface area contributed by atoms with Gasteiger partial charge in [0.2, 0.25) is 0 Å². The summed E-state index contributed by atoms with van der Waals surface area (Å²) in [5.41, 5.74) is 3.97. The Labute approximate surface area is 267 Å². The van der Waals surface area contributed by atoms with E-state index in [9.17, 15) is 9.59 Å². The molecule has 0 saturated heterocycles. The van der Waals surface area contributed by atoms with Gasteiger partial charge in [0.05, 0.1) is 6.10 Å². The zero-order valence-electron chi connectivity index (χ0n) is 24.8. The minimum atomic E-state index is -0.451. The van der Waals surface area contributed by atoms with Crippen LogP contribution in [0, 0.1) is 32.3 Å². The molecule has 2 aromatic carbocycles. The molecule has 7 nitrogen and oxygen atoms in total. The summed E-state index contributed by atoms with van der Waals surface area (Å²) in [5.74, 6) is 0.157. The van der Waals surface area contributed by atoms with Gasteiger partial charge in [0.1, 0.15) is 0 Å². The fraction of sp³-hybridized carbons (Fsp3) is 0.314. The van der Waals surface area contributed by atoms with Crippen molar-refractivity contribution >= 4 is 12.4 Å². The van der Waals surface area contributed by atoms with Crippen LogP contribution < -0.4 is 0 Å². The van der Waals surface area contributed by atoms with Crippen molar-refractivity contribution in [3.05, 3.63) is 134 Å². The number of benzene rings is 2. The van der Waals surface area contributed by atoms with Crippen LogP contribution in [0.15, 0.2) is 96.6 Å². The minimum Gasteiger partial charge on any atom is 0 e. The van der Waals surface area contributed by atoms with E-state index in [2.05, 4.69) is 46.5 Å². The number of hydrogen-bond donors (Lipinski definition) is 0. The summed E-state index contributed by atoms with van der Waals surface area (Å²) in [7, 11) is 0. The van der Waals surface area contributed by atoms with Crippen molar-refractivity contribution < 1.29 is 50.1 Å². The third kappa shape index (κ3) is 20.8. The molecule has 0 heterocycles. The number of ether oxygens (including phenoxy) is 2. The van der Waals surface area contributed by atoms with Gasteiger partial charge in [-0.05, 0) is 55.7 Å². The van der Waals surface area contributed by atoms with Gasteiger partial charge in [0.15, 0.2) is 6.10 Å². The quantitative estimate of drug-likeness (QED) is 0.0365. The van der Waals surface area contributed by atoms with Gasteiger partial charge < -0.3 is 14.3 Å². The number of hydrogen-bond acceptors (Lipinski definition) is 4. The average molecular weight is 627 g/mol. The third-order valence-corrected chi connectivity index (χ3v) is 5.91. The van der Waals surface area contributed by atoms with Crippen molar-refractivity contribution in [2.45, 2.75) is 65.1 Å². The van der Waals surface area contributed by atoms with E-state index in [1.165, 1.54) is 12.0 Å². The van der Waals surface area contributed by atoms with E-state index in [1.807, 2.05) is 67.6 Å². The summed E-state index contributed by atoms with van der Waals surface area (Å²) < 4.78 is 33.3. The van der Waals surface area contributed by atoms with Crippen molar-refractivity contribution in [2.24, 2.45) is 5.92 Å². The van der Waals surface area contributed by atoms with Gasteiger partial charge in [0, 0.05) is 29.6 Å². The van der Waals surface area contributed by atoms with E-state index in [4.69, 9.17) is 23.4 Å². The molecule has 0 aliphatic rings. The average Bonchev–Trinajstić information content (AvgIpc) is 3.02. The van der Waals surface area contributed by atoms with Gasteiger partial charge in [-0.15, -0.1) is 6.58 Å². The zero-order chi connectivity index (χ0) is 32.2. The Morgan fingerprint density at radius 1 is 0.884 bits per heavy atom. The molecule has 43 heavy (non-hydrogen) atoms. The first-order valence-electron chi connectivity index (χ1n) is 13.2. The van der Waals surface area contributed by atoms with Crippen molar-refractivity contribution in [3.8, 4) is 0 Å². The van der Waals surface area contributed by atoms with E-state index in [0.29, 0.717) is 5.92 Å². The molecule has 0 aliphatic heterocycles. The van der Waals surface area contributed by atoms with Gasteiger partial charge in [-0.3, -0.25) is 0 Å². The van der Waals surface area contributed by atoms with E-state index < -0.39 is 6.10 Å². The first-order chi connectivity index (χ1) is 20.4. The second-order valence-electron chi connectivity index (χ2n) is 9.28. The number of unbranched alkanes of at least 4 members (excludes halogenated alkanes) is 1. The van der Waals surface area contributed by atoms with Crippen LogP contribution in [-0.4, -0.2) is 18.5 Å². The molecule has 0 amide bonds. The van der Waals surface area contributed by atoms with Crippen LogP contribution in [0.1, 0.15) is 70.1 Å². The maximum atomic E-state index is 12.8. The Morgan fingerprint density at radius 3 is 1.84 bits per heavy atom. The smallest absolute Gasteiger partial charge is 0 e. The van der Waals surface area contributed by atoms with E-state index in [-0.39, 0.29) is 29.1 Å². The second kappa shape index (κ2) is 29.8. The molecular weight excluding hydrogens is 588 g/mol. The second-order valence-corrected chi connectivity index (χ2v) is 9.28. The molecule has 0 N–H and O–H groups in total. The molecule has 0 unspecified atom stereocenters. The Bertz CT molecular complexity index is 1070. The maximum absolute atomic E-state index is 12.8. The van der Waals surface area contributed by atoms with Crippen molar-refractivity contribution in [3.63, 3.8) is 0 Å². The number of esters is 1. The molecule has 229 valence electrons. The summed E-state index contributed by atoms with van der Waals surface area (Å²) in [6.07, 6.45) is 11.2. The van der Waals surface area contributed by atoms with Crippen LogP contribution in [0.2, 0.25) is 0 Å². The largest absolute Gasteiger partial charge is 0 e. The monoisotopic (exact) mass is 626 g/mol. The fourth-order valence-electron chi connectivity index (χ4n) is 4.31. The summed E-state index contributed by atoms with van der Waals surface area (Å²) in [4.78, 5) is 23.2. The predicted octanol–water partition coefficient (Wildman–Crippen LogP) is 7.53. The third-order valence-electron chi connectivity index (χ3n) is 5.91. The molecule has 0 spiro atoms. The Hall–Kier alpha value is -3.66. The van der Waals surface area contributed by atoms with E-state index in [1.54, 1.807) is 18.6 Å². The van der Waals surface area contributed by atoms with Crippen LogP contribution in [-0.2, 0) is 50.1 Å². The van der Waals surface area contributed by atoms with Gasteiger partial charge in [-0.25, -0.2) is 4.79 Å². The molecule has 0 bridgehead atoms. The topological polar surface area (TPSA) is 112 Å². The Morgan fingerprint density at radius 2 is 1.37 bits per heavy atom. The molecule has 0 aliphatic carbocycles. The molecular formula is C35H38FeO7-. The fourth-order valence-corrected chi connectivity index (χ4v) is 4.31. The molecule has 1 radical (unpaired) electrons. The normalized spacial score (nSPS) is 11.6. The van der Waals surface area contributed by atoms with Crippen LogP contribution >= 0.6 is 0 Å². The minimum absolute atomic E-state index is 0. The number of allylic oxidation sites excluding steroid dienone is 3. The van der Waals surface area contributed by atoms with Crippen LogP contribution in [0.4, 0.5) is 0 Å². The van der Waals surface area contributed by atoms with Gasteiger partial charge in [-0.2, -0.15) is 0 Å². The summed E-state index contributed by atoms with van der Waals surface area (Å²) >= 11 is 0. The Kier molecular flexibility index (Phi) is 30.4. The molecule has 2 aromatic rings. The van der Waals surface area contributed by atoms with Gasteiger partial charge in [0.25, 0.3) is 0 Å². The zero-order valence-corrected chi connectivity index (χ0v) is 25.9. The number of rotatable bonds is 16. The summed E-state index contributed by atoms with van der Waals surface area (Å²) in [6, 6.07) is 19.6. The van der Waals surface area contributed by atoms with E-state index >= 15 is 0 Å². The van der Waals surface area contributed by atoms with Gasteiger partial charge >= 0.3 is 39.9 Å². The number of carbonyl (C=O) groups excluding carboxylic acids is 2. The number of carbonyl (C=O) groups is 1. The molecule has 0 fully saturated rings. The molecule has 0 aromatic heterocycles. The van der Waals surface area contributed by atoms with Crippen molar-refractivity contribution in [1.29, 1.82) is 0 Å². The van der Waals surface area contributed by atoms with Crippen molar-refractivity contribution in [2.75, 3.05) is 0 Å². The summed E-state index contributed by atoms with van der Waals surface area (Å²) in [5, 5.41) is 0. The maximum Gasteiger partial charge on any atom is 0 e. The van der Waals surface area contributed by atoms with E-state index in [0.717, 1.165) is 48.8 Å². The first kappa shape index (κ1) is 43.8. The molecule has 0 saturated carbocycles. The summed E-state index contributed by atoms with van der Waals surface area (Å²) in [6.45, 7) is 24.9. The predicted molar refractivity (Wildman–Crippen MR) is 157 cm³/mol. The molecule has 2 atom stereocenters. The first-order valence-corrected chi connectivity index (χ1v) is 13.2. The molecule has 8 heteroatoms. The van der Waals surface area contributed by atoms with Crippen LogP contribution in [0.3, 0.4) is 0 Å². The standard InChI is InChI=1S/C32H38O4.3CO.Fe/c1-5-14-30(35-24-33)20-13-12-15-25(2)21-26(3)22-27(4)23-31(34)36-32(28-16-8-6-9-17-28)29-18-10-7-11-19-29;3*1-2;/h5-11,14,16-19,22-23,25,30,32H,1,12-13,15,20-21H2,2-4H3;;;;/q-1;;;;/b26-22+,27-23+;;;;/t25-,30-;;;;/m1..../s1. The SMILES string of the molecule is C=C[CH][C@H](CCCC[C@@H](C)C/C(C)=C/C(C)=C/C(=O)OC(c1ccccc1)c1ccccc1)O[C-]=O.[C-]#[O+].[C-]#[O+].[C-]#[O+].[Fe].